The molecule has 7 nitrogen and oxygen atoms in total. The second-order valence-electron chi connectivity index (χ2n) is 7.37. The number of carbonyl (C=O) groups is 2. The molecule has 0 atom stereocenters. The average molecular weight is 381 g/mol. The second-order valence-corrected chi connectivity index (χ2v) is 7.37. The van der Waals surface area contributed by atoms with Crippen LogP contribution in [0.25, 0.3) is 0 Å². The molecule has 1 saturated heterocycles. The summed E-state index contributed by atoms with van der Waals surface area (Å²) in [6, 6.07) is 4.83. The summed E-state index contributed by atoms with van der Waals surface area (Å²) in [4.78, 5) is 27.1. The molecule has 0 unspecified atom stereocenters. The Morgan fingerprint density at radius 1 is 1.19 bits per heavy atom. The molecule has 1 aromatic carbocycles. The normalized spacial score (nSPS) is 14.7. The fourth-order valence-corrected chi connectivity index (χ4v) is 2.72. The topological polar surface area (TPSA) is 71.1 Å². The lowest BCUT2D eigenvalue weighted by molar-refractivity contribution is -0.140. The summed E-state index contributed by atoms with van der Waals surface area (Å²) in [5.74, 6) is -0.728. The summed E-state index contributed by atoms with van der Waals surface area (Å²) < 4.78 is 24.0. The molecular weight excluding hydrogens is 353 g/mol. The van der Waals surface area contributed by atoms with E-state index >= 15 is 0 Å². The van der Waals surface area contributed by atoms with Crippen molar-refractivity contribution in [1.29, 1.82) is 0 Å². The molecule has 150 valence electrons. The summed E-state index contributed by atoms with van der Waals surface area (Å²) in [6.45, 7) is 8.16. The van der Waals surface area contributed by atoms with Crippen molar-refractivity contribution in [2.75, 3.05) is 50.1 Å². The number of methoxy groups -OCH3 is 1. The lowest BCUT2D eigenvalue weighted by Gasteiger charge is -2.36. The molecule has 1 amide bonds. The van der Waals surface area contributed by atoms with E-state index in [0.717, 1.165) is 5.69 Å². The Hall–Kier alpha value is -2.51. The Morgan fingerprint density at radius 3 is 2.44 bits per heavy atom. The first kappa shape index (κ1) is 20.8. The number of amides is 1. The Morgan fingerprint density at radius 2 is 1.85 bits per heavy atom. The largest absolute Gasteiger partial charge is 0.469 e. The van der Waals surface area contributed by atoms with Crippen molar-refractivity contribution in [3.8, 4) is 0 Å². The van der Waals surface area contributed by atoms with Gasteiger partial charge in [-0.25, -0.2) is 9.18 Å². The van der Waals surface area contributed by atoms with Gasteiger partial charge in [-0.1, -0.05) is 0 Å². The minimum atomic E-state index is -0.518. The molecule has 1 heterocycles. The van der Waals surface area contributed by atoms with Crippen LogP contribution in [0.1, 0.15) is 27.2 Å². The minimum Gasteiger partial charge on any atom is -0.469 e. The average Bonchev–Trinajstić information content (AvgIpc) is 2.61. The van der Waals surface area contributed by atoms with Gasteiger partial charge in [0.05, 0.1) is 19.2 Å². The predicted molar refractivity (Wildman–Crippen MR) is 102 cm³/mol. The number of benzene rings is 1. The summed E-state index contributed by atoms with van der Waals surface area (Å²) in [6.07, 6.45) is -0.152. The highest BCUT2D eigenvalue weighted by molar-refractivity contribution is 5.70. The maximum absolute atomic E-state index is 14.0. The number of halogens is 1. The second kappa shape index (κ2) is 8.92. The predicted octanol–water partition coefficient (Wildman–Crippen LogP) is 2.86. The number of esters is 1. The third-order valence-electron chi connectivity index (χ3n) is 4.12. The van der Waals surface area contributed by atoms with E-state index in [-0.39, 0.29) is 24.3 Å². The van der Waals surface area contributed by atoms with Crippen molar-refractivity contribution in [3.05, 3.63) is 24.0 Å². The summed E-state index contributed by atoms with van der Waals surface area (Å²) in [5, 5.41) is 2.92. The highest BCUT2D eigenvalue weighted by Gasteiger charge is 2.26. The van der Waals surface area contributed by atoms with Crippen LogP contribution in [0.2, 0.25) is 0 Å². The fraction of sp³-hybridized carbons (Fsp3) is 0.579. The van der Waals surface area contributed by atoms with E-state index in [4.69, 9.17) is 4.74 Å². The third-order valence-corrected chi connectivity index (χ3v) is 4.12. The van der Waals surface area contributed by atoms with Gasteiger partial charge in [-0.3, -0.25) is 4.79 Å². The molecule has 1 aliphatic heterocycles. The highest BCUT2D eigenvalue weighted by Crippen LogP contribution is 2.24. The molecule has 27 heavy (non-hydrogen) atoms. The molecule has 8 heteroatoms. The summed E-state index contributed by atoms with van der Waals surface area (Å²) in [7, 11) is 1.32. The number of piperazine rings is 1. The van der Waals surface area contributed by atoms with Crippen LogP contribution < -0.4 is 10.2 Å². The molecule has 0 spiro atoms. The number of nitrogens with zero attached hydrogens (tertiary/aromatic N) is 2. The zero-order valence-electron chi connectivity index (χ0n) is 16.4. The van der Waals surface area contributed by atoms with Crippen molar-refractivity contribution < 1.29 is 23.5 Å². The van der Waals surface area contributed by atoms with E-state index in [0.29, 0.717) is 38.4 Å². The van der Waals surface area contributed by atoms with Crippen LogP contribution in [0.15, 0.2) is 18.2 Å². The lowest BCUT2D eigenvalue weighted by atomic mass is 10.2. The Labute approximate surface area is 159 Å². The van der Waals surface area contributed by atoms with E-state index in [1.807, 2.05) is 20.8 Å². The molecule has 1 aromatic rings. The molecule has 2 rings (SSSR count). The number of hydrogen-bond donors (Lipinski definition) is 1. The van der Waals surface area contributed by atoms with Gasteiger partial charge in [0.2, 0.25) is 0 Å². The van der Waals surface area contributed by atoms with Crippen molar-refractivity contribution in [2.45, 2.75) is 32.8 Å². The maximum Gasteiger partial charge on any atom is 0.410 e. The van der Waals surface area contributed by atoms with Gasteiger partial charge in [-0.05, 0) is 39.0 Å². The van der Waals surface area contributed by atoms with Crippen molar-refractivity contribution >= 4 is 23.4 Å². The molecule has 0 bridgehead atoms. The van der Waals surface area contributed by atoms with Gasteiger partial charge in [0.25, 0.3) is 0 Å². The molecule has 0 radical (unpaired) electrons. The molecule has 0 aliphatic carbocycles. The Kier molecular flexibility index (Phi) is 6.87. The van der Waals surface area contributed by atoms with E-state index < -0.39 is 5.60 Å². The van der Waals surface area contributed by atoms with Crippen LogP contribution in [-0.4, -0.2) is 62.4 Å². The van der Waals surface area contributed by atoms with Crippen molar-refractivity contribution in [2.24, 2.45) is 0 Å². The number of rotatable bonds is 5. The number of hydrogen-bond acceptors (Lipinski definition) is 6. The standard InChI is InChI=1S/C19H28FN3O4/c1-19(2,3)27-18(25)23-11-9-22(10-12-23)14-5-6-15(20)16(13-14)21-8-7-17(24)26-4/h5-6,13,21H,7-12H2,1-4H3. The first-order valence-electron chi connectivity index (χ1n) is 9.03. The lowest BCUT2D eigenvalue weighted by Crippen LogP contribution is -2.50. The van der Waals surface area contributed by atoms with E-state index in [1.54, 1.807) is 17.0 Å². The first-order valence-corrected chi connectivity index (χ1v) is 9.03. The molecule has 1 aliphatic rings. The van der Waals surface area contributed by atoms with Crippen LogP contribution in [0.4, 0.5) is 20.6 Å². The molecule has 0 aromatic heterocycles. The van der Waals surface area contributed by atoms with Crippen LogP contribution in [0.3, 0.4) is 0 Å². The molecule has 0 saturated carbocycles. The Balaban J connectivity index is 1.93. The van der Waals surface area contributed by atoms with Crippen LogP contribution in [0, 0.1) is 5.82 Å². The molecule has 1 N–H and O–H groups in total. The minimum absolute atomic E-state index is 0.161. The van der Waals surface area contributed by atoms with Crippen LogP contribution in [-0.2, 0) is 14.3 Å². The van der Waals surface area contributed by atoms with E-state index in [9.17, 15) is 14.0 Å². The first-order chi connectivity index (χ1) is 12.7. The van der Waals surface area contributed by atoms with E-state index in [1.165, 1.54) is 13.2 Å². The molecular formula is C19H28FN3O4. The van der Waals surface area contributed by atoms with Gasteiger partial charge in [-0.15, -0.1) is 0 Å². The number of nitrogens with one attached hydrogen (secondary N) is 1. The quantitative estimate of drug-likeness (QED) is 0.791. The van der Waals surface area contributed by atoms with E-state index in [2.05, 4.69) is 15.0 Å². The van der Waals surface area contributed by atoms with Gasteiger partial charge >= 0.3 is 12.1 Å². The fourth-order valence-electron chi connectivity index (χ4n) is 2.72. The van der Waals surface area contributed by atoms with Gasteiger partial charge in [0.15, 0.2) is 0 Å². The zero-order valence-corrected chi connectivity index (χ0v) is 16.4. The number of carbonyl (C=O) groups excluding carboxylic acids is 2. The van der Waals surface area contributed by atoms with Crippen molar-refractivity contribution in [3.63, 3.8) is 0 Å². The zero-order chi connectivity index (χ0) is 20.0. The number of anilines is 2. The van der Waals surface area contributed by atoms with Crippen LogP contribution in [0.5, 0.6) is 0 Å². The highest BCUT2D eigenvalue weighted by atomic mass is 19.1. The summed E-state index contributed by atoms with van der Waals surface area (Å²) >= 11 is 0. The number of ether oxygens (including phenoxy) is 2. The molecule has 1 fully saturated rings. The summed E-state index contributed by atoms with van der Waals surface area (Å²) in [5.41, 5.74) is 0.683. The van der Waals surface area contributed by atoms with Gasteiger partial charge in [-0.2, -0.15) is 0 Å². The van der Waals surface area contributed by atoms with Gasteiger partial charge in [0.1, 0.15) is 11.4 Å². The SMILES string of the molecule is COC(=O)CCNc1cc(N2CCN(C(=O)OC(C)(C)C)CC2)ccc1F. The monoisotopic (exact) mass is 381 g/mol. The Bertz CT molecular complexity index is 667. The van der Waals surface area contributed by atoms with Gasteiger partial charge in [0, 0.05) is 38.4 Å². The van der Waals surface area contributed by atoms with Crippen molar-refractivity contribution in [1.82, 2.24) is 4.90 Å². The smallest absolute Gasteiger partial charge is 0.410 e. The van der Waals surface area contributed by atoms with Crippen LogP contribution >= 0.6 is 0 Å². The maximum atomic E-state index is 14.0. The third kappa shape index (κ3) is 6.30. The van der Waals surface area contributed by atoms with Gasteiger partial charge < -0.3 is 24.6 Å².